The largest absolute Gasteiger partial charge is 0.253 e. The Morgan fingerprint density at radius 1 is 1.20 bits per heavy atom. The third kappa shape index (κ3) is 1.68. The van der Waals surface area contributed by atoms with Gasteiger partial charge in [-0.05, 0) is 25.5 Å². The maximum Gasteiger partial charge on any atom is 0.143 e. The molecule has 1 aromatic heterocycles. The summed E-state index contributed by atoms with van der Waals surface area (Å²) in [7, 11) is 0. The van der Waals surface area contributed by atoms with Gasteiger partial charge in [0.05, 0.1) is 15.6 Å². The Morgan fingerprint density at radius 2 is 1.87 bits per heavy atom. The average Bonchev–Trinajstić information content (AvgIpc) is 2.19. The van der Waals surface area contributed by atoms with Gasteiger partial charge in [-0.1, -0.05) is 23.2 Å². The summed E-state index contributed by atoms with van der Waals surface area (Å²) < 4.78 is 13.2. The molecular weight excluding hydrogens is 236 g/mol. The number of pyridine rings is 1. The van der Waals surface area contributed by atoms with Gasteiger partial charge in [0, 0.05) is 17.1 Å². The lowest BCUT2D eigenvalue weighted by Gasteiger charge is -2.07. The molecule has 4 heteroatoms. The fourth-order valence-corrected chi connectivity index (χ4v) is 1.88. The molecule has 0 unspecified atom stereocenters. The van der Waals surface area contributed by atoms with E-state index in [-0.39, 0.29) is 5.02 Å². The molecule has 0 N–H and O–H groups in total. The number of rotatable bonds is 0. The molecule has 0 aliphatic rings. The molecule has 0 radical (unpaired) electrons. The van der Waals surface area contributed by atoms with Crippen LogP contribution < -0.4 is 0 Å². The normalized spacial score (nSPS) is 11.0. The Morgan fingerprint density at radius 3 is 2.53 bits per heavy atom. The van der Waals surface area contributed by atoms with Crippen molar-refractivity contribution in [1.82, 2.24) is 4.98 Å². The third-order valence-electron chi connectivity index (χ3n) is 2.44. The van der Waals surface area contributed by atoms with Crippen LogP contribution in [0.5, 0.6) is 0 Å². The van der Waals surface area contributed by atoms with E-state index in [1.54, 1.807) is 0 Å². The summed E-state index contributed by atoms with van der Waals surface area (Å²) in [5.41, 5.74) is 2.23. The van der Waals surface area contributed by atoms with Gasteiger partial charge in [0.2, 0.25) is 0 Å². The molecule has 1 heterocycles. The number of fused-ring (bicyclic) bond motifs is 1. The first-order valence-corrected chi connectivity index (χ1v) is 5.17. The van der Waals surface area contributed by atoms with E-state index < -0.39 is 5.82 Å². The fraction of sp³-hybridized carbons (Fsp3) is 0.182. The van der Waals surface area contributed by atoms with Crippen LogP contribution >= 0.6 is 23.2 Å². The van der Waals surface area contributed by atoms with E-state index in [2.05, 4.69) is 4.98 Å². The van der Waals surface area contributed by atoms with Crippen molar-refractivity contribution in [2.75, 3.05) is 0 Å². The van der Waals surface area contributed by atoms with Gasteiger partial charge in [-0.15, -0.1) is 0 Å². The van der Waals surface area contributed by atoms with Crippen molar-refractivity contribution in [3.05, 3.63) is 39.3 Å². The topological polar surface area (TPSA) is 12.9 Å². The number of aryl methyl sites for hydroxylation is 1. The summed E-state index contributed by atoms with van der Waals surface area (Å²) in [4.78, 5) is 4.25. The van der Waals surface area contributed by atoms with Gasteiger partial charge in [-0.3, -0.25) is 4.98 Å². The van der Waals surface area contributed by atoms with Gasteiger partial charge in [0.25, 0.3) is 0 Å². The monoisotopic (exact) mass is 243 g/mol. The van der Waals surface area contributed by atoms with Gasteiger partial charge < -0.3 is 0 Å². The fourth-order valence-electron chi connectivity index (χ4n) is 1.43. The van der Waals surface area contributed by atoms with Crippen LogP contribution in [0.4, 0.5) is 4.39 Å². The van der Waals surface area contributed by atoms with E-state index >= 15 is 0 Å². The van der Waals surface area contributed by atoms with Crippen LogP contribution in [-0.2, 0) is 0 Å². The molecule has 2 rings (SSSR count). The number of nitrogens with zero attached hydrogens (tertiary/aromatic N) is 1. The molecule has 0 atom stereocenters. The van der Waals surface area contributed by atoms with E-state index in [0.29, 0.717) is 15.9 Å². The predicted octanol–water partition coefficient (Wildman–Crippen LogP) is 4.30. The van der Waals surface area contributed by atoms with Crippen molar-refractivity contribution in [2.24, 2.45) is 0 Å². The van der Waals surface area contributed by atoms with E-state index in [4.69, 9.17) is 23.2 Å². The van der Waals surface area contributed by atoms with Crippen molar-refractivity contribution in [1.29, 1.82) is 0 Å². The van der Waals surface area contributed by atoms with Gasteiger partial charge >= 0.3 is 0 Å². The van der Waals surface area contributed by atoms with E-state index in [0.717, 1.165) is 11.3 Å². The highest BCUT2D eigenvalue weighted by molar-refractivity contribution is 6.37. The Hall–Kier alpha value is -0.860. The molecule has 0 fully saturated rings. The Labute approximate surface area is 96.8 Å². The average molecular weight is 244 g/mol. The first kappa shape index (κ1) is 10.7. The molecule has 0 aliphatic heterocycles. The molecule has 0 aliphatic carbocycles. The molecule has 1 aromatic carbocycles. The zero-order valence-electron chi connectivity index (χ0n) is 8.24. The SMILES string of the molecule is Cc1nc2cc(F)c(Cl)cc2c(Cl)c1C. The lowest BCUT2D eigenvalue weighted by atomic mass is 10.1. The molecule has 78 valence electrons. The maximum atomic E-state index is 13.2. The van der Waals surface area contributed by atoms with E-state index in [1.165, 1.54) is 12.1 Å². The van der Waals surface area contributed by atoms with Gasteiger partial charge in [0.1, 0.15) is 5.82 Å². The van der Waals surface area contributed by atoms with Crippen LogP contribution in [0.25, 0.3) is 10.9 Å². The van der Waals surface area contributed by atoms with Crippen molar-refractivity contribution >= 4 is 34.1 Å². The lowest BCUT2D eigenvalue weighted by molar-refractivity contribution is 0.630. The number of benzene rings is 1. The molecule has 15 heavy (non-hydrogen) atoms. The Bertz CT molecular complexity index is 547. The molecule has 2 aromatic rings. The minimum atomic E-state index is -0.476. The number of aromatic nitrogens is 1. The van der Waals surface area contributed by atoms with Crippen molar-refractivity contribution in [3.8, 4) is 0 Å². The molecule has 0 saturated carbocycles. The summed E-state index contributed by atoms with van der Waals surface area (Å²) >= 11 is 11.8. The maximum absolute atomic E-state index is 13.2. The minimum absolute atomic E-state index is 0.0643. The second kappa shape index (κ2) is 3.62. The molecule has 0 amide bonds. The molecule has 0 saturated heterocycles. The van der Waals surface area contributed by atoms with Crippen LogP contribution in [0.2, 0.25) is 10.0 Å². The minimum Gasteiger partial charge on any atom is -0.253 e. The predicted molar refractivity (Wildman–Crippen MR) is 61.2 cm³/mol. The molecule has 0 spiro atoms. The lowest BCUT2D eigenvalue weighted by Crippen LogP contribution is -1.92. The highest BCUT2D eigenvalue weighted by Crippen LogP contribution is 2.30. The summed E-state index contributed by atoms with van der Waals surface area (Å²) in [6, 6.07) is 2.81. The highest BCUT2D eigenvalue weighted by Gasteiger charge is 2.10. The standard InChI is InChI=1S/C11H8Cl2FN/c1-5-6(2)15-10-4-9(14)8(12)3-7(10)11(5)13/h3-4H,1-2H3. The summed E-state index contributed by atoms with van der Waals surface area (Å²) in [6.45, 7) is 3.72. The Balaban J connectivity index is 2.93. The zero-order valence-corrected chi connectivity index (χ0v) is 9.75. The third-order valence-corrected chi connectivity index (χ3v) is 3.21. The second-order valence-electron chi connectivity index (χ2n) is 3.42. The molecule has 0 bridgehead atoms. The van der Waals surface area contributed by atoms with Gasteiger partial charge in [0.15, 0.2) is 0 Å². The van der Waals surface area contributed by atoms with Gasteiger partial charge in [-0.2, -0.15) is 0 Å². The first-order chi connectivity index (χ1) is 7.00. The van der Waals surface area contributed by atoms with Crippen LogP contribution in [0, 0.1) is 19.7 Å². The van der Waals surface area contributed by atoms with E-state index in [9.17, 15) is 4.39 Å². The van der Waals surface area contributed by atoms with Crippen LogP contribution in [0.1, 0.15) is 11.3 Å². The number of halogens is 3. The van der Waals surface area contributed by atoms with Crippen LogP contribution in [-0.4, -0.2) is 4.98 Å². The van der Waals surface area contributed by atoms with Crippen molar-refractivity contribution < 1.29 is 4.39 Å². The second-order valence-corrected chi connectivity index (χ2v) is 4.20. The number of hydrogen-bond donors (Lipinski definition) is 0. The molecule has 1 nitrogen and oxygen atoms in total. The Kier molecular flexibility index (Phi) is 2.57. The van der Waals surface area contributed by atoms with Crippen molar-refractivity contribution in [2.45, 2.75) is 13.8 Å². The van der Waals surface area contributed by atoms with E-state index in [1.807, 2.05) is 13.8 Å². The summed E-state index contributed by atoms with van der Waals surface area (Å²) in [6.07, 6.45) is 0. The number of hydrogen-bond acceptors (Lipinski definition) is 1. The summed E-state index contributed by atoms with van der Waals surface area (Å²) in [5, 5.41) is 1.33. The first-order valence-electron chi connectivity index (χ1n) is 4.42. The molecular formula is C11H8Cl2FN. The van der Waals surface area contributed by atoms with Crippen LogP contribution in [0.15, 0.2) is 12.1 Å². The smallest absolute Gasteiger partial charge is 0.143 e. The quantitative estimate of drug-likeness (QED) is 0.673. The zero-order chi connectivity index (χ0) is 11.2. The van der Waals surface area contributed by atoms with Gasteiger partial charge in [-0.25, -0.2) is 4.39 Å². The highest BCUT2D eigenvalue weighted by atomic mass is 35.5. The van der Waals surface area contributed by atoms with Crippen LogP contribution in [0.3, 0.4) is 0 Å². The summed E-state index contributed by atoms with van der Waals surface area (Å²) in [5.74, 6) is -0.476. The van der Waals surface area contributed by atoms with Crippen molar-refractivity contribution in [3.63, 3.8) is 0 Å².